The van der Waals surface area contributed by atoms with E-state index >= 15 is 0 Å². The number of hydrogen-bond acceptors (Lipinski definition) is 3. The molecule has 0 saturated heterocycles. The summed E-state index contributed by atoms with van der Waals surface area (Å²) in [5.74, 6) is 0.471. The molecule has 1 aromatic rings. The lowest BCUT2D eigenvalue weighted by atomic mass is 10.2. The van der Waals surface area contributed by atoms with Gasteiger partial charge >= 0.3 is 4.87 Å². The molecular weight excluding hydrogens is 184 g/mol. The Labute approximate surface area is 80.1 Å². The lowest BCUT2D eigenvalue weighted by molar-refractivity contribution is 0.746. The number of thiazole rings is 1. The van der Waals surface area contributed by atoms with Gasteiger partial charge in [-0.25, -0.2) is 0 Å². The van der Waals surface area contributed by atoms with Crippen LogP contribution >= 0.6 is 11.3 Å². The quantitative estimate of drug-likeness (QED) is 0.621. The zero-order chi connectivity index (χ0) is 9.42. The summed E-state index contributed by atoms with van der Waals surface area (Å²) in [5.41, 5.74) is 0.892. The molecular formula is C9H12N2OS. The minimum Gasteiger partial charge on any atom is -0.282 e. The molecule has 0 unspecified atom stereocenters. The third-order valence-electron chi connectivity index (χ3n) is 1.96. The fraction of sp³-hybridized carbons (Fsp3) is 0.556. The van der Waals surface area contributed by atoms with Crippen LogP contribution in [0.1, 0.15) is 13.8 Å². The summed E-state index contributed by atoms with van der Waals surface area (Å²) in [6, 6.07) is 0. The number of rotatable bonds is 1. The molecule has 0 aromatic carbocycles. The van der Waals surface area contributed by atoms with Gasteiger partial charge in [0.1, 0.15) is 5.49 Å². The second-order valence-electron chi connectivity index (χ2n) is 3.50. The molecule has 0 N–H and O–H groups in total. The third-order valence-corrected chi connectivity index (χ3v) is 2.90. The van der Waals surface area contributed by atoms with Gasteiger partial charge in [0.25, 0.3) is 0 Å². The first-order valence-corrected chi connectivity index (χ1v) is 5.26. The molecule has 3 nitrogen and oxygen atoms in total. The Balaban J connectivity index is 2.74. The van der Waals surface area contributed by atoms with E-state index < -0.39 is 0 Å². The molecule has 0 spiro atoms. The molecule has 1 aromatic heterocycles. The third kappa shape index (κ3) is 1.46. The monoisotopic (exact) mass is 196 g/mol. The van der Waals surface area contributed by atoms with E-state index in [-0.39, 0.29) is 4.87 Å². The normalized spacial score (nSPS) is 16.4. The molecule has 0 amide bonds. The van der Waals surface area contributed by atoms with E-state index in [0.717, 1.165) is 23.1 Å². The molecule has 4 heteroatoms. The molecule has 0 radical (unpaired) electrons. The van der Waals surface area contributed by atoms with Crippen molar-refractivity contribution in [1.29, 1.82) is 0 Å². The standard InChI is InChI=1S/C9H12N2OS/c1-6(2)5-7-8-10-3-4-11(8)9(12)13-7/h5-6H,3-4H2,1-2H3. The van der Waals surface area contributed by atoms with E-state index in [2.05, 4.69) is 24.9 Å². The second kappa shape index (κ2) is 3.10. The van der Waals surface area contributed by atoms with Crippen molar-refractivity contribution in [2.24, 2.45) is 10.9 Å². The molecule has 1 aliphatic rings. The van der Waals surface area contributed by atoms with Crippen LogP contribution in [0.5, 0.6) is 0 Å². The molecule has 0 aliphatic carbocycles. The maximum Gasteiger partial charge on any atom is 0.309 e. The van der Waals surface area contributed by atoms with Crippen molar-refractivity contribution in [1.82, 2.24) is 4.57 Å². The molecule has 0 saturated carbocycles. The average Bonchev–Trinajstić information content (AvgIpc) is 2.56. The Morgan fingerprint density at radius 2 is 2.38 bits per heavy atom. The van der Waals surface area contributed by atoms with Crippen LogP contribution in [0, 0.1) is 5.92 Å². The Morgan fingerprint density at radius 3 is 3.08 bits per heavy atom. The van der Waals surface area contributed by atoms with Gasteiger partial charge in [-0.15, -0.1) is 0 Å². The van der Waals surface area contributed by atoms with Crippen LogP contribution in [0.25, 0.3) is 6.08 Å². The zero-order valence-electron chi connectivity index (χ0n) is 7.78. The first-order valence-electron chi connectivity index (χ1n) is 4.44. The number of hydrogen-bond donors (Lipinski definition) is 0. The van der Waals surface area contributed by atoms with Crippen molar-refractivity contribution in [2.75, 3.05) is 6.54 Å². The van der Waals surface area contributed by atoms with Gasteiger partial charge in [-0.1, -0.05) is 31.3 Å². The second-order valence-corrected chi connectivity index (χ2v) is 4.49. The lowest BCUT2D eigenvalue weighted by Gasteiger charge is -1.88. The molecule has 70 valence electrons. The van der Waals surface area contributed by atoms with Crippen LogP contribution in [0.4, 0.5) is 0 Å². The summed E-state index contributed by atoms with van der Waals surface area (Å²) in [6.45, 7) is 5.74. The number of aromatic nitrogens is 1. The van der Waals surface area contributed by atoms with Gasteiger partial charge < -0.3 is 0 Å². The highest BCUT2D eigenvalue weighted by molar-refractivity contribution is 7.07. The summed E-state index contributed by atoms with van der Waals surface area (Å²) in [5, 5.41) is 0. The smallest absolute Gasteiger partial charge is 0.282 e. The van der Waals surface area contributed by atoms with E-state index in [4.69, 9.17) is 0 Å². The van der Waals surface area contributed by atoms with Crippen molar-refractivity contribution in [2.45, 2.75) is 20.4 Å². The average molecular weight is 196 g/mol. The molecule has 2 rings (SSSR count). The highest BCUT2D eigenvalue weighted by Crippen LogP contribution is 1.92. The Morgan fingerprint density at radius 1 is 1.62 bits per heavy atom. The van der Waals surface area contributed by atoms with Gasteiger partial charge in [0.05, 0.1) is 11.1 Å². The van der Waals surface area contributed by atoms with Gasteiger partial charge in [-0.3, -0.25) is 14.4 Å². The molecule has 0 bridgehead atoms. The zero-order valence-corrected chi connectivity index (χ0v) is 8.60. The number of nitrogens with zero attached hydrogens (tertiary/aromatic N) is 2. The Bertz CT molecular complexity index is 481. The molecule has 0 atom stereocenters. The van der Waals surface area contributed by atoms with E-state index in [9.17, 15) is 4.79 Å². The van der Waals surface area contributed by atoms with Crippen LogP contribution in [-0.4, -0.2) is 11.1 Å². The summed E-state index contributed by atoms with van der Waals surface area (Å²) in [6.07, 6.45) is 2.10. The van der Waals surface area contributed by atoms with Crippen molar-refractivity contribution in [3.63, 3.8) is 0 Å². The van der Waals surface area contributed by atoms with Crippen molar-refractivity contribution in [3.05, 3.63) is 19.7 Å². The molecule has 0 fully saturated rings. The first kappa shape index (κ1) is 8.69. The SMILES string of the molecule is CC(C)C=c1sc(=O)n2c1=NCC2. The van der Waals surface area contributed by atoms with Crippen LogP contribution in [0.3, 0.4) is 0 Å². The first-order chi connectivity index (χ1) is 6.18. The van der Waals surface area contributed by atoms with Crippen molar-refractivity contribution >= 4 is 17.4 Å². The largest absolute Gasteiger partial charge is 0.309 e. The summed E-state index contributed by atoms with van der Waals surface area (Å²) in [4.78, 5) is 15.9. The van der Waals surface area contributed by atoms with Gasteiger partial charge in [-0.2, -0.15) is 0 Å². The fourth-order valence-corrected chi connectivity index (χ4v) is 2.52. The van der Waals surface area contributed by atoms with Gasteiger partial charge in [0.2, 0.25) is 0 Å². The number of fused-ring (bicyclic) bond motifs is 1. The van der Waals surface area contributed by atoms with Crippen LogP contribution in [-0.2, 0) is 6.54 Å². The summed E-state index contributed by atoms with van der Waals surface area (Å²) < 4.78 is 2.80. The van der Waals surface area contributed by atoms with Crippen LogP contribution in [0.15, 0.2) is 9.79 Å². The Kier molecular flexibility index (Phi) is 2.07. The Hall–Kier alpha value is -0.900. The van der Waals surface area contributed by atoms with E-state index in [1.807, 2.05) is 0 Å². The minimum atomic E-state index is 0.128. The van der Waals surface area contributed by atoms with Crippen LogP contribution in [0.2, 0.25) is 0 Å². The molecule has 1 aliphatic heterocycles. The van der Waals surface area contributed by atoms with Crippen molar-refractivity contribution in [3.8, 4) is 0 Å². The van der Waals surface area contributed by atoms with Crippen LogP contribution < -0.4 is 14.9 Å². The predicted molar refractivity (Wildman–Crippen MR) is 53.5 cm³/mol. The van der Waals surface area contributed by atoms with E-state index in [0.29, 0.717) is 5.92 Å². The van der Waals surface area contributed by atoms with E-state index in [1.54, 1.807) is 4.57 Å². The van der Waals surface area contributed by atoms with Crippen molar-refractivity contribution < 1.29 is 0 Å². The highest BCUT2D eigenvalue weighted by Gasteiger charge is 2.09. The highest BCUT2D eigenvalue weighted by atomic mass is 32.1. The summed E-state index contributed by atoms with van der Waals surface area (Å²) >= 11 is 1.30. The topological polar surface area (TPSA) is 34.4 Å². The van der Waals surface area contributed by atoms with E-state index in [1.165, 1.54) is 11.3 Å². The maximum absolute atomic E-state index is 11.4. The fourth-order valence-electron chi connectivity index (χ4n) is 1.44. The minimum absolute atomic E-state index is 0.128. The molecule has 2 heterocycles. The van der Waals surface area contributed by atoms with Gasteiger partial charge in [0.15, 0.2) is 0 Å². The summed E-state index contributed by atoms with van der Waals surface area (Å²) in [7, 11) is 0. The molecule has 13 heavy (non-hydrogen) atoms. The maximum atomic E-state index is 11.4. The predicted octanol–water partition coefficient (Wildman–Crippen LogP) is -0.0205. The lowest BCUT2D eigenvalue weighted by Crippen LogP contribution is -2.28. The van der Waals surface area contributed by atoms with Gasteiger partial charge in [0, 0.05) is 6.54 Å². The van der Waals surface area contributed by atoms with Gasteiger partial charge in [-0.05, 0) is 5.92 Å².